The molecule has 0 amide bonds. The van der Waals surface area contributed by atoms with E-state index in [0.717, 1.165) is 11.4 Å². The number of hydrogen-bond acceptors (Lipinski definition) is 4. The third-order valence-electron chi connectivity index (χ3n) is 2.60. The van der Waals surface area contributed by atoms with E-state index in [1.807, 2.05) is 25.1 Å². The number of pyridine rings is 1. The van der Waals surface area contributed by atoms with Crippen LogP contribution in [0, 0.1) is 6.92 Å². The molecule has 0 radical (unpaired) electrons. The molecule has 4 nitrogen and oxygen atoms in total. The van der Waals surface area contributed by atoms with Gasteiger partial charge in [0.2, 0.25) is 0 Å². The SMILES string of the molecule is CC(=O)c1cccc(Nc2nc(C)ccc2N)c1. The summed E-state index contributed by atoms with van der Waals surface area (Å²) in [4.78, 5) is 15.6. The van der Waals surface area contributed by atoms with E-state index in [-0.39, 0.29) is 5.78 Å². The molecular formula is C14H15N3O. The summed E-state index contributed by atoms with van der Waals surface area (Å²) in [7, 11) is 0. The molecule has 3 N–H and O–H groups in total. The molecular weight excluding hydrogens is 226 g/mol. The van der Waals surface area contributed by atoms with Gasteiger partial charge < -0.3 is 11.1 Å². The number of hydrogen-bond donors (Lipinski definition) is 2. The second-order valence-corrected chi connectivity index (χ2v) is 4.15. The maximum Gasteiger partial charge on any atom is 0.159 e. The first-order chi connectivity index (χ1) is 8.56. The second kappa shape index (κ2) is 4.87. The minimum Gasteiger partial charge on any atom is -0.396 e. The summed E-state index contributed by atoms with van der Waals surface area (Å²) in [5.74, 6) is 0.638. The van der Waals surface area contributed by atoms with Crippen LogP contribution >= 0.6 is 0 Å². The number of nitrogens with two attached hydrogens (primary N) is 1. The van der Waals surface area contributed by atoms with Gasteiger partial charge >= 0.3 is 0 Å². The van der Waals surface area contributed by atoms with E-state index in [9.17, 15) is 4.79 Å². The highest BCUT2D eigenvalue weighted by Gasteiger charge is 2.04. The number of Topliss-reactive ketones (excluding diaryl/α,β-unsaturated/α-hetero) is 1. The zero-order chi connectivity index (χ0) is 13.1. The number of nitrogen functional groups attached to an aromatic ring is 1. The molecule has 0 aliphatic heterocycles. The van der Waals surface area contributed by atoms with Crippen molar-refractivity contribution in [1.29, 1.82) is 0 Å². The van der Waals surface area contributed by atoms with E-state index in [0.29, 0.717) is 17.1 Å². The van der Waals surface area contributed by atoms with Gasteiger partial charge in [0.1, 0.15) is 0 Å². The van der Waals surface area contributed by atoms with E-state index in [2.05, 4.69) is 10.3 Å². The van der Waals surface area contributed by atoms with Crippen molar-refractivity contribution in [2.24, 2.45) is 0 Å². The van der Waals surface area contributed by atoms with Crippen molar-refractivity contribution in [1.82, 2.24) is 4.98 Å². The molecule has 0 aliphatic rings. The minimum atomic E-state index is 0.0313. The fourth-order valence-electron chi connectivity index (χ4n) is 1.62. The minimum absolute atomic E-state index is 0.0313. The third-order valence-corrected chi connectivity index (χ3v) is 2.60. The lowest BCUT2D eigenvalue weighted by Crippen LogP contribution is -2.01. The summed E-state index contributed by atoms with van der Waals surface area (Å²) in [5.41, 5.74) is 8.76. The van der Waals surface area contributed by atoms with Crippen LogP contribution in [0.4, 0.5) is 17.2 Å². The van der Waals surface area contributed by atoms with E-state index in [1.165, 1.54) is 0 Å². The Morgan fingerprint density at radius 2 is 2.06 bits per heavy atom. The van der Waals surface area contributed by atoms with Gasteiger partial charge in [-0.05, 0) is 38.1 Å². The lowest BCUT2D eigenvalue weighted by Gasteiger charge is -2.09. The summed E-state index contributed by atoms with van der Waals surface area (Å²) < 4.78 is 0. The van der Waals surface area contributed by atoms with Gasteiger partial charge in [-0.15, -0.1) is 0 Å². The molecule has 0 fully saturated rings. The van der Waals surface area contributed by atoms with E-state index >= 15 is 0 Å². The number of aromatic nitrogens is 1. The maximum atomic E-state index is 11.3. The number of nitrogens with zero attached hydrogens (tertiary/aromatic N) is 1. The number of carbonyl (C=O) groups is 1. The summed E-state index contributed by atoms with van der Waals surface area (Å²) in [6, 6.07) is 10.9. The molecule has 1 aromatic heterocycles. The Kier molecular flexibility index (Phi) is 3.28. The first-order valence-corrected chi connectivity index (χ1v) is 5.67. The molecule has 1 aromatic carbocycles. The van der Waals surface area contributed by atoms with Gasteiger partial charge in [0.25, 0.3) is 0 Å². The molecule has 0 saturated heterocycles. The zero-order valence-corrected chi connectivity index (χ0v) is 10.4. The van der Waals surface area contributed by atoms with Crippen LogP contribution in [-0.4, -0.2) is 10.8 Å². The fraction of sp³-hybridized carbons (Fsp3) is 0.143. The molecule has 1 heterocycles. The Morgan fingerprint density at radius 1 is 1.28 bits per heavy atom. The van der Waals surface area contributed by atoms with Gasteiger partial charge in [0, 0.05) is 16.9 Å². The van der Waals surface area contributed by atoms with Crippen LogP contribution in [0.25, 0.3) is 0 Å². The number of carbonyl (C=O) groups excluding carboxylic acids is 1. The quantitative estimate of drug-likeness (QED) is 0.811. The first kappa shape index (κ1) is 12.1. The fourth-order valence-corrected chi connectivity index (χ4v) is 1.62. The summed E-state index contributed by atoms with van der Waals surface area (Å²) in [6.45, 7) is 3.44. The molecule has 18 heavy (non-hydrogen) atoms. The van der Waals surface area contributed by atoms with Crippen LogP contribution in [0.1, 0.15) is 23.0 Å². The normalized spacial score (nSPS) is 10.1. The highest BCUT2D eigenvalue weighted by Crippen LogP contribution is 2.21. The molecule has 0 atom stereocenters. The Labute approximate surface area is 106 Å². The largest absolute Gasteiger partial charge is 0.396 e. The molecule has 0 bridgehead atoms. The van der Waals surface area contributed by atoms with Crippen molar-refractivity contribution in [3.8, 4) is 0 Å². The average Bonchev–Trinajstić information content (AvgIpc) is 2.34. The summed E-state index contributed by atoms with van der Waals surface area (Å²) in [6.07, 6.45) is 0. The predicted octanol–water partition coefficient (Wildman–Crippen LogP) is 2.92. The van der Waals surface area contributed by atoms with Gasteiger partial charge in [0.05, 0.1) is 5.69 Å². The predicted molar refractivity (Wildman–Crippen MR) is 73.1 cm³/mol. The highest BCUT2D eigenvalue weighted by molar-refractivity contribution is 5.95. The molecule has 0 aliphatic carbocycles. The van der Waals surface area contributed by atoms with Gasteiger partial charge in [-0.1, -0.05) is 12.1 Å². The summed E-state index contributed by atoms with van der Waals surface area (Å²) in [5, 5.41) is 3.12. The maximum absolute atomic E-state index is 11.3. The van der Waals surface area contributed by atoms with Crippen LogP contribution in [0.15, 0.2) is 36.4 Å². The molecule has 92 valence electrons. The Morgan fingerprint density at radius 3 is 2.78 bits per heavy atom. The van der Waals surface area contributed by atoms with Gasteiger partial charge in [-0.3, -0.25) is 4.79 Å². The van der Waals surface area contributed by atoms with Crippen molar-refractivity contribution < 1.29 is 4.79 Å². The van der Waals surface area contributed by atoms with Crippen LogP contribution in [0.5, 0.6) is 0 Å². The monoisotopic (exact) mass is 241 g/mol. The van der Waals surface area contributed by atoms with E-state index in [4.69, 9.17) is 5.73 Å². The molecule has 0 spiro atoms. The van der Waals surface area contributed by atoms with Gasteiger partial charge in [-0.2, -0.15) is 0 Å². The van der Waals surface area contributed by atoms with Crippen molar-refractivity contribution in [3.05, 3.63) is 47.7 Å². The molecule has 2 aromatic rings. The van der Waals surface area contributed by atoms with Crippen LogP contribution < -0.4 is 11.1 Å². The number of benzene rings is 1. The zero-order valence-electron chi connectivity index (χ0n) is 10.4. The molecule has 0 unspecified atom stereocenters. The number of aryl methyl sites for hydroxylation is 1. The lowest BCUT2D eigenvalue weighted by atomic mass is 10.1. The number of ketones is 1. The smallest absolute Gasteiger partial charge is 0.159 e. The molecule has 4 heteroatoms. The number of anilines is 3. The topological polar surface area (TPSA) is 68.0 Å². The van der Waals surface area contributed by atoms with Crippen LogP contribution in [0.2, 0.25) is 0 Å². The Hall–Kier alpha value is -2.36. The third kappa shape index (κ3) is 2.66. The first-order valence-electron chi connectivity index (χ1n) is 5.67. The number of rotatable bonds is 3. The van der Waals surface area contributed by atoms with Crippen molar-refractivity contribution in [2.45, 2.75) is 13.8 Å². The van der Waals surface area contributed by atoms with Crippen LogP contribution in [-0.2, 0) is 0 Å². The summed E-state index contributed by atoms with van der Waals surface area (Å²) >= 11 is 0. The van der Waals surface area contributed by atoms with Crippen molar-refractivity contribution in [3.63, 3.8) is 0 Å². The molecule has 2 rings (SSSR count). The lowest BCUT2D eigenvalue weighted by molar-refractivity contribution is 0.101. The number of nitrogens with one attached hydrogen (secondary N) is 1. The van der Waals surface area contributed by atoms with Gasteiger partial charge in [0.15, 0.2) is 11.6 Å². The van der Waals surface area contributed by atoms with E-state index in [1.54, 1.807) is 25.1 Å². The van der Waals surface area contributed by atoms with Crippen LogP contribution in [0.3, 0.4) is 0 Å². The standard InChI is InChI=1S/C14H15N3O/c1-9-6-7-13(15)14(16-9)17-12-5-3-4-11(8-12)10(2)18/h3-8H,15H2,1-2H3,(H,16,17). The van der Waals surface area contributed by atoms with E-state index < -0.39 is 0 Å². The Bertz CT molecular complexity index is 593. The average molecular weight is 241 g/mol. The molecule has 0 saturated carbocycles. The van der Waals surface area contributed by atoms with Crippen molar-refractivity contribution >= 4 is 23.0 Å². The van der Waals surface area contributed by atoms with Gasteiger partial charge in [-0.25, -0.2) is 4.98 Å². The van der Waals surface area contributed by atoms with Crippen molar-refractivity contribution in [2.75, 3.05) is 11.1 Å². The Balaban J connectivity index is 2.31. The highest BCUT2D eigenvalue weighted by atomic mass is 16.1. The second-order valence-electron chi connectivity index (χ2n) is 4.15.